The minimum atomic E-state index is -3.53. The van der Waals surface area contributed by atoms with Crippen LogP contribution in [0.25, 0.3) is 0 Å². The first-order valence-corrected chi connectivity index (χ1v) is 8.95. The first kappa shape index (κ1) is 15.0. The minimum absolute atomic E-state index is 0.0190. The normalized spacial score (nSPS) is 28.5. The van der Waals surface area contributed by atoms with Crippen molar-refractivity contribution in [2.75, 3.05) is 26.7 Å². The molecule has 0 aromatic carbocycles. The van der Waals surface area contributed by atoms with Crippen molar-refractivity contribution in [1.29, 1.82) is 0 Å². The van der Waals surface area contributed by atoms with Gasteiger partial charge in [-0.2, -0.15) is 4.31 Å². The van der Waals surface area contributed by atoms with Crippen LogP contribution in [-0.4, -0.2) is 50.3 Å². The molecule has 2 N–H and O–H groups in total. The molecule has 1 aromatic rings. The summed E-state index contributed by atoms with van der Waals surface area (Å²) in [4.78, 5) is 2.37. The quantitative estimate of drug-likeness (QED) is 0.894. The summed E-state index contributed by atoms with van der Waals surface area (Å²) in [5, 5.41) is 0.0190. The predicted molar refractivity (Wildman–Crippen MR) is 79.1 cm³/mol. The number of likely N-dealkylation sites (tertiary alicyclic amines) is 1. The number of fused-ring (bicyclic) bond motifs is 1. The summed E-state index contributed by atoms with van der Waals surface area (Å²) in [6, 6.07) is 3.66. The fourth-order valence-electron chi connectivity index (χ4n) is 3.57. The van der Waals surface area contributed by atoms with Gasteiger partial charge in [0.05, 0.1) is 6.54 Å². The van der Waals surface area contributed by atoms with Crippen LogP contribution < -0.4 is 5.73 Å². The fraction of sp³-hybridized carbons (Fsp3) is 0.714. The lowest BCUT2D eigenvalue weighted by Crippen LogP contribution is -2.53. The summed E-state index contributed by atoms with van der Waals surface area (Å²) in [5.41, 5.74) is 5.48. The Hall–Kier alpha value is -0.890. The third-order valence-corrected chi connectivity index (χ3v) is 6.48. The van der Waals surface area contributed by atoms with Crippen molar-refractivity contribution in [2.24, 2.45) is 11.7 Å². The Bertz CT molecular complexity index is 598. The van der Waals surface area contributed by atoms with E-state index in [2.05, 4.69) is 11.9 Å². The number of furan rings is 1. The van der Waals surface area contributed by atoms with Crippen molar-refractivity contribution < 1.29 is 12.8 Å². The van der Waals surface area contributed by atoms with E-state index in [-0.39, 0.29) is 11.6 Å². The monoisotopic (exact) mass is 313 g/mol. The highest BCUT2D eigenvalue weighted by Crippen LogP contribution is 2.32. The number of nitrogens with two attached hydrogens (primary N) is 1. The van der Waals surface area contributed by atoms with Crippen LogP contribution in [0.1, 0.15) is 25.0 Å². The smallest absolute Gasteiger partial charge is 0.276 e. The lowest BCUT2D eigenvalue weighted by atomic mass is 9.85. The maximum atomic E-state index is 12.7. The summed E-state index contributed by atoms with van der Waals surface area (Å²) in [6.07, 6.45) is 3.14. The molecule has 3 heterocycles. The summed E-state index contributed by atoms with van der Waals surface area (Å²) in [6.45, 7) is 2.49. The Balaban J connectivity index is 1.78. The molecule has 1 aromatic heterocycles. The standard InChI is InChI=1S/C14H23N3O3S/c1-16-7-2-3-11-10-17(8-6-13(11)16)21(18,19)14-5-4-12(9-15)20-14/h4-5,11,13H,2-3,6-10,15H2,1H3. The zero-order chi connectivity index (χ0) is 15.0. The molecule has 21 heavy (non-hydrogen) atoms. The van der Waals surface area contributed by atoms with Crippen molar-refractivity contribution in [3.8, 4) is 0 Å². The lowest BCUT2D eigenvalue weighted by molar-refractivity contribution is 0.0666. The number of hydrogen-bond acceptors (Lipinski definition) is 5. The average Bonchev–Trinajstić information content (AvgIpc) is 2.97. The molecule has 2 fully saturated rings. The molecule has 6 nitrogen and oxygen atoms in total. The van der Waals surface area contributed by atoms with Gasteiger partial charge in [0.2, 0.25) is 5.09 Å². The van der Waals surface area contributed by atoms with Gasteiger partial charge in [0.25, 0.3) is 10.0 Å². The third kappa shape index (κ3) is 2.75. The third-order valence-electron chi connectivity index (χ3n) is 4.74. The van der Waals surface area contributed by atoms with Gasteiger partial charge in [-0.1, -0.05) is 0 Å². The molecule has 118 valence electrons. The van der Waals surface area contributed by atoms with Gasteiger partial charge in [-0.25, -0.2) is 8.42 Å². The Morgan fingerprint density at radius 3 is 2.86 bits per heavy atom. The van der Waals surface area contributed by atoms with Crippen LogP contribution >= 0.6 is 0 Å². The topological polar surface area (TPSA) is 79.8 Å². The summed E-state index contributed by atoms with van der Waals surface area (Å²) >= 11 is 0. The molecule has 2 aliphatic rings. The summed E-state index contributed by atoms with van der Waals surface area (Å²) < 4.78 is 32.2. The van der Waals surface area contributed by atoms with Crippen molar-refractivity contribution in [2.45, 2.75) is 36.9 Å². The van der Waals surface area contributed by atoms with Crippen LogP contribution in [0.2, 0.25) is 0 Å². The molecule has 2 unspecified atom stereocenters. The molecular formula is C14H23N3O3S. The van der Waals surface area contributed by atoms with Crippen molar-refractivity contribution in [3.63, 3.8) is 0 Å². The average molecular weight is 313 g/mol. The largest absolute Gasteiger partial charge is 0.447 e. The summed E-state index contributed by atoms with van der Waals surface area (Å²) in [7, 11) is -1.39. The molecule has 3 rings (SSSR count). The van der Waals surface area contributed by atoms with Crippen LogP contribution in [0.15, 0.2) is 21.6 Å². The van der Waals surface area contributed by atoms with Gasteiger partial charge in [0.1, 0.15) is 5.76 Å². The van der Waals surface area contributed by atoms with Gasteiger partial charge in [0.15, 0.2) is 0 Å². The van der Waals surface area contributed by atoms with E-state index in [1.165, 1.54) is 6.07 Å². The second-order valence-corrected chi connectivity index (χ2v) is 7.90. The van der Waals surface area contributed by atoms with Crippen LogP contribution in [0.3, 0.4) is 0 Å². The number of piperidine rings is 2. The number of nitrogens with zero attached hydrogens (tertiary/aromatic N) is 2. The highest BCUT2D eigenvalue weighted by Gasteiger charge is 2.39. The van der Waals surface area contributed by atoms with Gasteiger partial charge in [-0.3, -0.25) is 0 Å². The molecule has 2 aliphatic heterocycles. The Morgan fingerprint density at radius 2 is 2.14 bits per heavy atom. The number of hydrogen-bond donors (Lipinski definition) is 1. The zero-order valence-corrected chi connectivity index (χ0v) is 13.2. The van der Waals surface area contributed by atoms with Crippen molar-refractivity contribution in [1.82, 2.24) is 9.21 Å². The zero-order valence-electron chi connectivity index (χ0n) is 12.4. The molecular weight excluding hydrogens is 290 g/mol. The van der Waals surface area contributed by atoms with E-state index < -0.39 is 10.0 Å². The SMILES string of the molecule is CN1CCCC2CN(S(=O)(=O)c3ccc(CN)o3)CCC21. The molecule has 0 saturated carbocycles. The van der Waals surface area contributed by atoms with Crippen LogP contribution in [0, 0.1) is 5.92 Å². The Labute approximate surface area is 125 Å². The van der Waals surface area contributed by atoms with E-state index in [9.17, 15) is 8.42 Å². The van der Waals surface area contributed by atoms with Crippen molar-refractivity contribution >= 4 is 10.0 Å². The van der Waals surface area contributed by atoms with Gasteiger partial charge in [-0.15, -0.1) is 0 Å². The van der Waals surface area contributed by atoms with Gasteiger partial charge in [0, 0.05) is 19.1 Å². The molecule has 0 radical (unpaired) electrons. The molecule has 2 atom stereocenters. The van der Waals surface area contributed by atoms with Crippen LogP contribution in [-0.2, 0) is 16.6 Å². The van der Waals surface area contributed by atoms with E-state index in [0.717, 1.165) is 25.8 Å². The summed E-state index contributed by atoms with van der Waals surface area (Å²) in [5.74, 6) is 0.928. The molecule has 0 spiro atoms. The minimum Gasteiger partial charge on any atom is -0.447 e. The van der Waals surface area contributed by atoms with Crippen molar-refractivity contribution in [3.05, 3.63) is 17.9 Å². The first-order chi connectivity index (χ1) is 10.0. The van der Waals surface area contributed by atoms with E-state index in [0.29, 0.717) is 30.8 Å². The van der Waals surface area contributed by atoms with Gasteiger partial charge >= 0.3 is 0 Å². The lowest BCUT2D eigenvalue weighted by Gasteiger charge is -2.45. The molecule has 7 heteroatoms. The van der Waals surface area contributed by atoms with Crippen LogP contribution in [0.5, 0.6) is 0 Å². The maximum Gasteiger partial charge on any atom is 0.276 e. The Morgan fingerprint density at radius 1 is 1.33 bits per heavy atom. The maximum absolute atomic E-state index is 12.7. The highest BCUT2D eigenvalue weighted by molar-refractivity contribution is 7.89. The number of sulfonamides is 1. The van der Waals surface area contributed by atoms with Crippen LogP contribution in [0.4, 0.5) is 0 Å². The fourth-order valence-corrected chi connectivity index (χ4v) is 5.01. The predicted octanol–water partition coefficient (Wildman–Crippen LogP) is 0.843. The van der Waals surface area contributed by atoms with Gasteiger partial charge in [-0.05, 0) is 50.9 Å². The molecule has 0 bridgehead atoms. The Kier molecular flexibility index (Phi) is 4.09. The first-order valence-electron chi connectivity index (χ1n) is 7.51. The van der Waals surface area contributed by atoms with E-state index in [1.54, 1.807) is 10.4 Å². The second kappa shape index (κ2) is 5.72. The van der Waals surface area contributed by atoms with E-state index >= 15 is 0 Å². The van der Waals surface area contributed by atoms with E-state index in [4.69, 9.17) is 10.2 Å². The molecule has 0 aliphatic carbocycles. The number of rotatable bonds is 3. The molecule has 2 saturated heterocycles. The molecule has 0 amide bonds. The van der Waals surface area contributed by atoms with E-state index in [1.807, 2.05) is 0 Å². The van der Waals surface area contributed by atoms with Gasteiger partial charge < -0.3 is 15.1 Å². The second-order valence-electron chi connectivity index (χ2n) is 6.03. The highest BCUT2D eigenvalue weighted by atomic mass is 32.2.